The average molecular weight is 431 g/mol. The molecule has 3 rings (SSSR count). The first-order valence-corrected chi connectivity index (χ1v) is 11.3. The summed E-state index contributed by atoms with van der Waals surface area (Å²) in [7, 11) is 4.19. The molecule has 2 unspecified atom stereocenters. The van der Waals surface area contributed by atoms with E-state index in [9.17, 15) is 4.79 Å². The molecular formula is C28H34N2O2. The van der Waals surface area contributed by atoms with E-state index in [1.54, 1.807) is 0 Å². The molecule has 0 aliphatic carbocycles. The maximum absolute atomic E-state index is 13.0. The lowest BCUT2D eigenvalue weighted by molar-refractivity contribution is 0.0522. The molecule has 0 aliphatic rings. The molecule has 4 nitrogen and oxygen atoms in total. The van der Waals surface area contributed by atoms with Crippen LogP contribution < -0.4 is 5.32 Å². The minimum atomic E-state index is -0.491. The van der Waals surface area contributed by atoms with E-state index >= 15 is 0 Å². The minimum Gasteiger partial charge on any atom is -0.445 e. The van der Waals surface area contributed by atoms with Gasteiger partial charge in [-0.25, -0.2) is 4.79 Å². The third kappa shape index (κ3) is 5.38. The zero-order valence-electron chi connectivity index (χ0n) is 19.5. The van der Waals surface area contributed by atoms with Gasteiger partial charge in [-0.2, -0.15) is 0 Å². The first-order valence-electron chi connectivity index (χ1n) is 11.3. The Labute approximate surface area is 192 Å². The molecule has 0 aliphatic heterocycles. The van der Waals surface area contributed by atoms with Gasteiger partial charge in [-0.15, -0.1) is 0 Å². The molecule has 4 heteroatoms. The van der Waals surface area contributed by atoms with Crippen molar-refractivity contribution in [2.75, 3.05) is 19.4 Å². The molecule has 3 aromatic carbocycles. The molecule has 0 aromatic heterocycles. The molecular weight excluding hydrogens is 396 g/mol. The highest BCUT2D eigenvalue weighted by Gasteiger charge is 2.45. The standard InChI is InChI=1S/C28H34N2O2/c1-5-26(32-27(31)29-25-19-13-8-14-20-25)28(21-22(2)30(3)4,23-15-9-6-10-16-23)24-17-11-7-12-18-24/h6-20,22,26H,5,21H2,1-4H3,(H,29,31). The minimum absolute atomic E-state index is 0.269. The topological polar surface area (TPSA) is 41.6 Å². The van der Waals surface area contributed by atoms with Gasteiger partial charge in [0.1, 0.15) is 6.10 Å². The second-order valence-corrected chi connectivity index (χ2v) is 8.51. The molecule has 2 atom stereocenters. The molecule has 0 bridgehead atoms. The van der Waals surface area contributed by atoms with Crippen LogP contribution in [0.15, 0.2) is 91.0 Å². The molecule has 1 N–H and O–H groups in total. The second-order valence-electron chi connectivity index (χ2n) is 8.51. The number of benzene rings is 3. The monoisotopic (exact) mass is 430 g/mol. The van der Waals surface area contributed by atoms with E-state index in [4.69, 9.17) is 4.74 Å². The van der Waals surface area contributed by atoms with Crippen molar-refractivity contribution >= 4 is 11.8 Å². The predicted molar refractivity (Wildman–Crippen MR) is 132 cm³/mol. The number of hydrogen-bond acceptors (Lipinski definition) is 3. The van der Waals surface area contributed by atoms with Crippen molar-refractivity contribution < 1.29 is 9.53 Å². The van der Waals surface area contributed by atoms with Gasteiger partial charge in [0.2, 0.25) is 0 Å². The number of carbonyl (C=O) groups is 1. The first-order chi connectivity index (χ1) is 15.5. The van der Waals surface area contributed by atoms with Gasteiger partial charge in [0, 0.05) is 11.7 Å². The lowest BCUT2D eigenvalue weighted by atomic mass is 9.66. The van der Waals surface area contributed by atoms with Crippen LogP contribution in [0.2, 0.25) is 0 Å². The van der Waals surface area contributed by atoms with Crippen LogP contribution >= 0.6 is 0 Å². The van der Waals surface area contributed by atoms with Gasteiger partial charge < -0.3 is 9.64 Å². The van der Waals surface area contributed by atoms with Crippen molar-refractivity contribution in [3.05, 3.63) is 102 Å². The molecule has 32 heavy (non-hydrogen) atoms. The van der Waals surface area contributed by atoms with Crippen LogP contribution in [0.25, 0.3) is 0 Å². The van der Waals surface area contributed by atoms with Crippen LogP contribution in [0.1, 0.15) is 37.8 Å². The quantitative estimate of drug-likeness (QED) is 0.431. The number of rotatable bonds is 9. The molecule has 0 heterocycles. The summed E-state index contributed by atoms with van der Waals surface area (Å²) in [6.45, 7) is 4.30. The number of hydrogen-bond donors (Lipinski definition) is 1. The first kappa shape index (κ1) is 23.6. The Balaban J connectivity index is 2.07. The summed E-state index contributed by atoms with van der Waals surface area (Å²) < 4.78 is 6.19. The fourth-order valence-electron chi connectivity index (χ4n) is 4.36. The van der Waals surface area contributed by atoms with Crippen molar-refractivity contribution in [1.82, 2.24) is 4.90 Å². The van der Waals surface area contributed by atoms with E-state index in [1.807, 2.05) is 42.5 Å². The number of carbonyl (C=O) groups excluding carboxylic acids is 1. The van der Waals surface area contributed by atoms with Crippen molar-refractivity contribution in [2.24, 2.45) is 0 Å². The van der Waals surface area contributed by atoms with E-state index in [-0.39, 0.29) is 12.1 Å². The molecule has 0 saturated heterocycles. The second kappa shape index (κ2) is 11.0. The third-order valence-electron chi connectivity index (χ3n) is 6.27. The van der Waals surface area contributed by atoms with Crippen LogP contribution in [-0.4, -0.2) is 37.2 Å². The summed E-state index contributed by atoms with van der Waals surface area (Å²) in [5, 5.41) is 2.89. The summed E-state index contributed by atoms with van der Waals surface area (Å²) in [4.78, 5) is 15.2. The molecule has 0 saturated carbocycles. The predicted octanol–water partition coefficient (Wildman–Crippen LogP) is 6.34. The smallest absolute Gasteiger partial charge is 0.411 e. The van der Waals surface area contributed by atoms with E-state index in [0.717, 1.165) is 23.2 Å². The Morgan fingerprint density at radius 1 is 0.875 bits per heavy atom. The van der Waals surface area contributed by atoms with E-state index in [1.165, 1.54) is 0 Å². The maximum Gasteiger partial charge on any atom is 0.411 e. The number of nitrogens with one attached hydrogen (secondary N) is 1. The van der Waals surface area contributed by atoms with Crippen LogP contribution in [0, 0.1) is 0 Å². The Hall–Kier alpha value is -3.11. The van der Waals surface area contributed by atoms with Crippen LogP contribution in [0.3, 0.4) is 0 Å². The Kier molecular flexibility index (Phi) is 8.07. The zero-order valence-corrected chi connectivity index (χ0v) is 19.5. The number of ether oxygens (including phenoxy) is 1. The van der Waals surface area contributed by atoms with Gasteiger partial charge >= 0.3 is 6.09 Å². The van der Waals surface area contributed by atoms with Gasteiger partial charge in [-0.1, -0.05) is 85.8 Å². The van der Waals surface area contributed by atoms with Crippen molar-refractivity contribution in [3.8, 4) is 0 Å². The fraction of sp³-hybridized carbons (Fsp3) is 0.321. The number of nitrogens with zero attached hydrogens (tertiary/aromatic N) is 1. The van der Waals surface area contributed by atoms with Crippen molar-refractivity contribution in [2.45, 2.75) is 44.2 Å². The maximum atomic E-state index is 13.0. The highest BCUT2D eigenvalue weighted by atomic mass is 16.6. The van der Waals surface area contributed by atoms with Gasteiger partial charge in [0.15, 0.2) is 0 Å². The molecule has 0 spiro atoms. The molecule has 168 valence electrons. The highest BCUT2D eigenvalue weighted by molar-refractivity contribution is 5.84. The zero-order chi connectivity index (χ0) is 23.0. The number of amides is 1. The van der Waals surface area contributed by atoms with Crippen molar-refractivity contribution in [1.29, 1.82) is 0 Å². The summed E-state index contributed by atoms with van der Waals surface area (Å²) in [5.41, 5.74) is 2.53. The average Bonchev–Trinajstić information content (AvgIpc) is 2.82. The third-order valence-corrected chi connectivity index (χ3v) is 6.27. The summed E-state index contributed by atoms with van der Waals surface area (Å²) in [6, 6.07) is 30.6. The lowest BCUT2D eigenvalue weighted by Crippen LogP contribution is -2.47. The van der Waals surface area contributed by atoms with E-state index in [2.05, 4.69) is 86.7 Å². The molecule has 3 aromatic rings. The van der Waals surface area contributed by atoms with E-state index < -0.39 is 11.5 Å². The summed E-state index contributed by atoms with van der Waals surface area (Å²) >= 11 is 0. The van der Waals surface area contributed by atoms with E-state index in [0.29, 0.717) is 6.42 Å². The SMILES string of the molecule is CCC(OC(=O)Nc1ccccc1)C(CC(C)N(C)C)(c1ccccc1)c1ccccc1. The number of anilines is 1. The lowest BCUT2D eigenvalue weighted by Gasteiger charge is -2.43. The van der Waals surface area contributed by atoms with Crippen LogP contribution in [-0.2, 0) is 10.2 Å². The van der Waals surface area contributed by atoms with Crippen LogP contribution in [0.5, 0.6) is 0 Å². The normalized spacial score (nSPS) is 13.4. The summed E-state index contributed by atoms with van der Waals surface area (Å²) in [6.07, 6.45) is 0.715. The summed E-state index contributed by atoms with van der Waals surface area (Å²) in [5.74, 6) is 0. The van der Waals surface area contributed by atoms with Gasteiger partial charge in [-0.3, -0.25) is 5.32 Å². The van der Waals surface area contributed by atoms with Crippen LogP contribution in [0.4, 0.5) is 10.5 Å². The van der Waals surface area contributed by atoms with Gasteiger partial charge in [-0.05, 0) is 57.1 Å². The Bertz CT molecular complexity index is 919. The highest BCUT2D eigenvalue weighted by Crippen LogP contribution is 2.43. The molecule has 1 amide bonds. The molecule has 0 radical (unpaired) electrons. The largest absolute Gasteiger partial charge is 0.445 e. The van der Waals surface area contributed by atoms with Crippen molar-refractivity contribution in [3.63, 3.8) is 0 Å². The Morgan fingerprint density at radius 3 is 1.78 bits per heavy atom. The Morgan fingerprint density at radius 2 is 1.34 bits per heavy atom. The van der Waals surface area contributed by atoms with Gasteiger partial charge in [0.05, 0.1) is 5.41 Å². The molecule has 0 fully saturated rings. The fourth-order valence-corrected chi connectivity index (χ4v) is 4.36. The number of para-hydroxylation sites is 1. The van der Waals surface area contributed by atoms with Gasteiger partial charge in [0.25, 0.3) is 0 Å².